The number of benzene rings is 1. The van der Waals surface area contributed by atoms with Gasteiger partial charge in [-0.05, 0) is 25.0 Å². The molecule has 0 saturated heterocycles. The van der Waals surface area contributed by atoms with Gasteiger partial charge < -0.3 is 9.22 Å². The molecule has 0 aliphatic heterocycles. The lowest BCUT2D eigenvalue weighted by atomic mass is 9.96. The van der Waals surface area contributed by atoms with Gasteiger partial charge in [0.05, 0.1) is 38.0 Å². The molecule has 0 amide bonds. The van der Waals surface area contributed by atoms with E-state index >= 15 is 0 Å². The van der Waals surface area contributed by atoms with Crippen LogP contribution in [0.3, 0.4) is 0 Å². The van der Waals surface area contributed by atoms with Crippen LogP contribution in [0, 0.1) is 16.0 Å². The lowest BCUT2D eigenvalue weighted by Gasteiger charge is -2.30. The van der Waals surface area contributed by atoms with Gasteiger partial charge in [-0.3, -0.25) is 14.9 Å². The quantitative estimate of drug-likeness (QED) is 0.0609. The first-order valence-corrected chi connectivity index (χ1v) is 12.6. The minimum Gasteiger partial charge on any atom is -0.426 e. The lowest BCUT2D eigenvalue weighted by molar-refractivity contribution is -0.890. The summed E-state index contributed by atoms with van der Waals surface area (Å²) in [7, 11) is 4.42. The number of nitro benzene ring substituents is 1. The minimum absolute atomic E-state index is 0.00495. The van der Waals surface area contributed by atoms with Crippen molar-refractivity contribution in [3.63, 3.8) is 0 Å². The highest BCUT2D eigenvalue weighted by Gasteiger charge is 2.25. The van der Waals surface area contributed by atoms with Crippen molar-refractivity contribution >= 4 is 11.7 Å². The van der Waals surface area contributed by atoms with Crippen LogP contribution in [-0.4, -0.2) is 42.6 Å². The molecule has 6 nitrogen and oxygen atoms in total. The number of non-ortho nitro benzene ring substituents is 1. The summed E-state index contributed by atoms with van der Waals surface area (Å²) in [5.41, 5.74) is -0.00495. The van der Waals surface area contributed by atoms with E-state index in [1.165, 1.54) is 69.2 Å². The molecule has 0 saturated carbocycles. The second kappa shape index (κ2) is 15.8. The normalized spacial score (nSPS) is 12.5. The topological polar surface area (TPSA) is 69.4 Å². The number of ether oxygens (including phenoxy) is 1. The Hall–Kier alpha value is -1.95. The van der Waals surface area contributed by atoms with Crippen molar-refractivity contribution < 1.29 is 18.9 Å². The van der Waals surface area contributed by atoms with E-state index in [9.17, 15) is 14.9 Å². The second-order valence-electron chi connectivity index (χ2n) is 9.66. The average molecular weight is 450 g/mol. The maximum atomic E-state index is 12.9. The van der Waals surface area contributed by atoms with E-state index in [0.717, 1.165) is 49.7 Å². The molecule has 1 aromatic rings. The van der Waals surface area contributed by atoms with E-state index in [1.54, 1.807) is 0 Å². The van der Waals surface area contributed by atoms with E-state index in [1.807, 2.05) is 0 Å². The Morgan fingerprint density at radius 3 is 1.97 bits per heavy atom. The van der Waals surface area contributed by atoms with E-state index in [0.29, 0.717) is 5.75 Å². The van der Waals surface area contributed by atoms with Crippen LogP contribution in [0.15, 0.2) is 24.3 Å². The summed E-state index contributed by atoms with van der Waals surface area (Å²) in [5, 5.41) is 10.8. The average Bonchev–Trinajstić information content (AvgIpc) is 2.74. The fourth-order valence-electron chi connectivity index (χ4n) is 4.14. The van der Waals surface area contributed by atoms with Crippen LogP contribution in [-0.2, 0) is 4.79 Å². The van der Waals surface area contributed by atoms with Gasteiger partial charge in [-0.15, -0.1) is 0 Å². The number of hydrogen-bond acceptors (Lipinski definition) is 4. The van der Waals surface area contributed by atoms with Gasteiger partial charge in [-0.25, -0.2) is 0 Å². The first kappa shape index (κ1) is 28.1. The maximum Gasteiger partial charge on any atom is 0.314 e. The molecule has 1 rings (SSSR count). The molecule has 1 atom stereocenters. The van der Waals surface area contributed by atoms with Gasteiger partial charge in [0.15, 0.2) is 0 Å². The highest BCUT2D eigenvalue weighted by molar-refractivity contribution is 5.75. The summed E-state index contributed by atoms with van der Waals surface area (Å²) in [6.07, 6.45) is 14.1. The molecule has 6 heteroatoms. The Balaban J connectivity index is 2.55. The molecular formula is C26H45N2O4+. The summed E-state index contributed by atoms with van der Waals surface area (Å²) in [5.74, 6) is 0.0268. The second-order valence-corrected chi connectivity index (χ2v) is 9.66. The predicted octanol–water partition coefficient (Wildman–Crippen LogP) is 6.91. The van der Waals surface area contributed by atoms with Gasteiger partial charge in [0.2, 0.25) is 0 Å². The van der Waals surface area contributed by atoms with Gasteiger partial charge in [0.1, 0.15) is 5.75 Å². The summed E-state index contributed by atoms with van der Waals surface area (Å²) in [6, 6.07) is 5.75. The van der Waals surface area contributed by atoms with Gasteiger partial charge in [-0.2, -0.15) is 0 Å². The summed E-state index contributed by atoms with van der Waals surface area (Å²) >= 11 is 0. The molecule has 0 aromatic heterocycles. The van der Waals surface area contributed by atoms with Crippen LogP contribution in [0.2, 0.25) is 0 Å². The van der Waals surface area contributed by atoms with Crippen molar-refractivity contribution in [2.24, 2.45) is 5.92 Å². The van der Waals surface area contributed by atoms with Crippen molar-refractivity contribution in [1.82, 2.24) is 0 Å². The monoisotopic (exact) mass is 449 g/mol. The summed E-state index contributed by atoms with van der Waals surface area (Å²) in [6.45, 7) is 6.45. The van der Waals surface area contributed by atoms with Gasteiger partial charge in [-0.1, -0.05) is 71.6 Å². The van der Waals surface area contributed by atoms with Crippen LogP contribution in [0.1, 0.15) is 90.9 Å². The molecule has 1 aromatic carbocycles. The number of carbonyl (C=O) groups is 1. The van der Waals surface area contributed by atoms with Crippen molar-refractivity contribution in [3.05, 3.63) is 34.4 Å². The third kappa shape index (κ3) is 12.2. The largest absolute Gasteiger partial charge is 0.426 e. The minimum atomic E-state index is -0.452. The van der Waals surface area contributed by atoms with Gasteiger partial charge in [0, 0.05) is 18.6 Å². The predicted molar refractivity (Wildman–Crippen MR) is 131 cm³/mol. The fourth-order valence-corrected chi connectivity index (χ4v) is 4.14. The van der Waals surface area contributed by atoms with Gasteiger partial charge >= 0.3 is 5.97 Å². The molecule has 32 heavy (non-hydrogen) atoms. The Morgan fingerprint density at radius 1 is 0.875 bits per heavy atom. The fraction of sp³-hybridized carbons (Fsp3) is 0.731. The molecule has 0 aliphatic carbocycles. The zero-order chi connectivity index (χ0) is 23.8. The number of nitro groups is 1. The highest BCUT2D eigenvalue weighted by Crippen LogP contribution is 2.23. The number of quaternary nitrogens is 1. The van der Waals surface area contributed by atoms with Crippen LogP contribution in [0.4, 0.5) is 5.69 Å². The van der Waals surface area contributed by atoms with Crippen LogP contribution >= 0.6 is 0 Å². The number of nitrogens with zero attached hydrogens (tertiary/aromatic N) is 2. The first-order chi connectivity index (χ1) is 15.3. The Kier molecular flexibility index (Phi) is 13.9. The van der Waals surface area contributed by atoms with Crippen molar-refractivity contribution in [1.29, 1.82) is 0 Å². The van der Waals surface area contributed by atoms with Gasteiger partial charge in [0.25, 0.3) is 5.69 Å². The Bertz CT molecular complexity index is 658. The zero-order valence-electron chi connectivity index (χ0n) is 20.8. The Morgan fingerprint density at radius 2 is 1.44 bits per heavy atom. The van der Waals surface area contributed by atoms with Crippen LogP contribution in [0.5, 0.6) is 5.75 Å². The van der Waals surface area contributed by atoms with Crippen LogP contribution < -0.4 is 4.74 Å². The standard InChI is InChI=1S/C26H45N2O4/c1-5-7-8-9-10-11-12-13-14-15-23(20-22-28(3,4)21-6-2)26(29)32-25-18-16-24(17-19-25)27(30)31/h16-19,23H,5-15,20-22H2,1-4H3/q+1. The van der Waals surface area contributed by atoms with Crippen molar-refractivity contribution in [3.8, 4) is 5.75 Å². The molecule has 182 valence electrons. The molecule has 0 spiro atoms. The Labute approximate surface area is 195 Å². The number of rotatable bonds is 18. The first-order valence-electron chi connectivity index (χ1n) is 12.6. The SMILES string of the molecule is CCCCCCCCCCCC(CC[N+](C)(C)CCC)C(=O)Oc1ccc([N+](=O)[O-])cc1. The number of unbranched alkanes of at least 4 members (excludes halogenated alkanes) is 8. The highest BCUT2D eigenvalue weighted by atomic mass is 16.6. The van der Waals surface area contributed by atoms with Crippen molar-refractivity contribution in [2.75, 3.05) is 27.2 Å². The van der Waals surface area contributed by atoms with E-state index in [4.69, 9.17) is 4.74 Å². The summed E-state index contributed by atoms with van der Waals surface area (Å²) in [4.78, 5) is 23.3. The van der Waals surface area contributed by atoms with E-state index in [-0.39, 0.29) is 17.6 Å². The smallest absolute Gasteiger partial charge is 0.314 e. The number of hydrogen-bond donors (Lipinski definition) is 0. The third-order valence-electron chi connectivity index (χ3n) is 6.17. The van der Waals surface area contributed by atoms with E-state index in [2.05, 4.69) is 27.9 Å². The lowest BCUT2D eigenvalue weighted by Crippen LogP contribution is -2.42. The zero-order valence-corrected chi connectivity index (χ0v) is 20.8. The summed E-state index contributed by atoms with van der Waals surface area (Å²) < 4.78 is 6.50. The molecule has 0 aliphatic rings. The molecule has 0 heterocycles. The number of carbonyl (C=O) groups excluding carboxylic acids is 1. The number of esters is 1. The molecule has 0 radical (unpaired) electrons. The maximum absolute atomic E-state index is 12.9. The third-order valence-corrected chi connectivity index (χ3v) is 6.17. The molecular weight excluding hydrogens is 404 g/mol. The molecule has 0 fully saturated rings. The molecule has 1 unspecified atom stereocenters. The molecule has 0 N–H and O–H groups in total. The van der Waals surface area contributed by atoms with E-state index < -0.39 is 4.92 Å². The van der Waals surface area contributed by atoms with Crippen LogP contribution in [0.25, 0.3) is 0 Å². The van der Waals surface area contributed by atoms with Crippen molar-refractivity contribution in [2.45, 2.75) is 90.9 Å². The molecule has 0 bridgehead atoms.